The molecule has 5 heteroatoms. The predicted molar refractivity (Wildman–Crippen MR) is 111 cm³/mol. The Bertz CT molecular complexity index is 943. The van der Waals surface area contributed by atoms with E-state index in [1.807, 2.05) is 26.0 Å². The number of esters is 2. The van der Waals surface area contributed by atoms with Crippen molar-refractivity contribution in [1.29, 1.82) is 1.43 Å². The van der Waals surface area contributed by atoms with Crippen molar-refractivity contribution < 1.29 is 35.1 Å². The highest BCUT2D eigenvalue weighted by atomic mass is 16.5. The third kappa shape index (κ3) is 5.30. The summed E-state index contributed by atoms with van der Waals surface area (Å²) in [6, 6.07) is 0. The van der Waals surface area contributed by atoms with Crippen LogP contribution in [0, 0.1) is 29.6 Å². The van der Waals surface area contributed by atoms with Gasteiger partial charge in [-0.25, -0.2) is 0 Å². The highest BCUT2D eigenvalue weighted by molar-refractivity contribution is 5.72. The van der Waals surface area contributed by atoms with Crippen molar-refractivity contribution in [2.45, 2.75) is 84.3 Å². The van der Waals surface area contributed by atoms with Crippen LogP contribution in [0.25, 0.3) is 0 Å². The van der Waals surface area contributed by atoms with Gasteiger partial charge in [0.1, 0.15) is 12.2 Å². The molecule has 29 heavy (non-hydrogen) atoms. The number of hydrogen-bond acceptors (Lipinski definition) is 5. The number of carbonyl (C=O) groups is 2. The minimum atomic E-state index is -3.35. The Balaban J connectivity index is 1.85. The zero-order valence-electron chi connectivity index (χ0n) is 25.9. The number of carbonyl (C=O) groups excluding carboxylic acids is 2. The molecule has 0 amide bonds. The van der Waals surface area contributed by atoms with Gasteiger partial charge in [0.2, 0.25) is 1.43 Å². The standard InChI is InChI=1S/C24H36O5/c1-5-15(3)24(27)29-21-11-14(2)10-17-7-6-16(4)20(23(17)21)9-8-19-12-18(25)13-22(26)28-19/h6-7,10,14-16,18-21,23,25H,5,8-9,11-13H2,1-4H3/t14-,15-,16-,18+,19?,20-,21-,23-/m0/s1/i1D3,3D3,5D2,25D. The van der Waals surface area contributed by atoms with Gasteiger partial charge in [0.05, 0.1) is 18.4 Å². The maximum absolute atomic E-state index is 13.2. The van der Waals surface area contributed by atoms with E-state index in [0.717, 1.165) is 5.57 Å². The second-order valence-electron chi connectivity index (χ2n) is 8.59. The van der Waals surface area contributed by atoms with Crippen molar-refractivity contribution in [2.75, 3.05) is 0 Å². The lowest BCUT2D eigenvalue weighted by atomic mass is 9.65. The molecule has 3 rings (SSSR count). The van der Waals surface area contributed by atoms with Gasteiger partial charge in [-0.05, 0) is 49.0 Å². The largest absolute Gasteiger partial charge is 0.462 e. The van der Waals surface area contributed by atoms with Gasteiger partial charge < -0.3 is 14.6 Å². The number of aliphatic hydroxyl groups is 1. The fourth-order valence-electron chi connectivity index (χ4n) is 4.90. The summed E-state index contributed by atoms with van der Waals surface area (Å²) in [4.78, 5) is 25.1. The highest BCUT2D eigenvalue weighted by Crippen LogP contribution is 2.45. The molecular formula is C24H36O5. The van der Waals surface area contributed by atoms with E-state index in [1.54, 1.807) is 0 Å². The molecule has 8 atom stereocenters. The van der Waals surface area contributed by atoms with Crippen LogP contribution in [0.5, 0.6) is 0 Å². The van der Waals surface area contributed by atoms with E-state index in [1.165, 1.54) is 0 Å². The Morgan fingerprint density at radius 1 is 1.45 bits per heavy atom. The average Bonchev–Trinajstić information content (AvgIpc) is 2.76. The summed E-state index contributed by atoms with van der Waals surface area (Å²) < 4.78 is 80.2. The van der Waals surface area contributed by atoms with E-state index in [-0.39, 0.29) is 30.1 Å². The summed E-state index contributed by atoms with van der Waals surface area (Å²) in [5, 5.41) is 4.62. The van der Waals surface area contributed by atoms with Crippen molar-refractivity contribution in [3.63, 3.8) is 0 Å². The zero-order valence-corrected chi connectivity index (χ0v) is 16.9. The number of fused-ring (bicyclic) bond motifs is 1. The average molecular weight is 414 g/mol. The van der Waals surface area contributed by atoms with E-state index in [4.69, 9.17) is 21.9 Å². The molecule has 0 spiro atoms. The molecule has 1 aliphatic heterocycles. The number of aliphatic hydroxyl groups excluding tert-OH is 1. The SMILES string of the molecule is [2H]O[C@H]1CC(=O)OC(CC[C@@H]2[C@@H]3C(=C[C@H](C)C[C@@H]3OC(=O)[C@@H](C([2H])([2H])[2H])C([2H])([2H])C([2H])([2H])[2H])C=C[C@@H]2C)C1. The molecule has 0 aromatic carbocycles. The van der Waals surface area contributed by atoms with E-state index >= 15 is 0 Å². The van der Waals surface area contributed by atoms with Gasteiger partial charge >= 0.3 is 11.9 Å². The lowest BCUT2D eigenvalue weighted by Gasteiger charge is -2.43. The fraction of sp³-hybridized carbons (Fsp3) is 0.750. The Labute approximate surface area is 187 Å². The molecule has 1 saturated heterocycles. The minimum Gasteiger partial charge on any atom is -0.462 e. The highest BCUT2D eigenvalue weighted by Gasteiger charge is 2.42. The molecule has 5 nitrogen and oxygen atoms in total. The smallest absolute Gasteiger partial charge is 0.308 e. The van der Waals surface area contributed by atoms with Crippen molar-refractivity contribution in [1.82, 2.24) is 0 Å². The number of hydrogen-bond donors (Lipinski definition) is 1. The maximum Gasteiger partial charge on any atom is 0.308 e. The van der Waals surface area contributed by atoms with Gasteiger partial charge in [-0.3, -0.25) is 9.59 Å². The van der Waals surface area contributed by atoms with Crippen LogP contribution in [0.3, 0.4) is 0 Å². The number of rotatable bonds is 7. The molecule has 1 N–H and O–H groups in total. The van der Waals surface area contributed by atoms with Crippen LogP contribution in [0.15, 0.2) is 23.8 Å². The van der Waals surface area contributed by atoms with Crippen molar-refractivity contribution >= 4 is 11.9 Å². The molecule has 1 unspecified atom stereocenters. The quantitative estimate of drug-likeness (QED) is 0.634. The van der Waals surface area contributed by atoms with E-state index in [2.05, 4.69) is 11.2 Å². The van der Waals surface area contributed by atoms with Crippen LogP contribution >= 0.6 is 0 Å². The van der Waals surface area contributed by atoms with Gasteiger partial charge in [0.15, 0.2) is 0 Å². The van der Waals surface area contributed by atoms with Gasteiger partial charge in [0.25, 0.3) is 0 Å². The first-order chi connectivity index (χ1) is 17.5. The minimum absolute atomic E-state index is 0.0161. The van der Waals surface area contributed by atoms with Gasteiger partial charge in [-0.1, -0.05) is 45.8 Å². The summed E-state index contributed by atoms with van der Waals surface area (Å²) in [6.07, 6.45) is 2.88. The van der Waals surface area contributed by atoms with Gasteiger partial charge in [-0.15, -0.1) is 0 Å². The monoisotopic (exact) mass is 413 g/mol. The molecular weight excluding hydrogens is 368 g/mol. The second kappa shape index (κ2) is 9.46. The Kier molecular flexibility index (Phi) is 4.22. The molecule has 0 aromatic rings. The van der Waals surface area contributed by atoms with Crippen LogP contribution in [0.4, 0.5) is 0 Å². The molecule has 0 saturated carbocycles. The summed E-state index contributed by atoms with van der Waals surface area (Å²) in [6.45, 7) is -2.64. The molecule has 0 radical (unpaired) electrons. The third-order valence-corrected chi connectivity index (χ3v) is 6.28. The Morgan fingerprint density at radius 3 is 3.07 bits per heavy atom. The van der Waals surface area contributed by atoms with Gasteiger partial charge in [0, 0.05) is 23.3 Å². The van der Waals surface area contributed by atoms with Crippen LogP contribution < -0.4 is 0 Å². The van der Waals surface area contributed by atoms with Crippen LogP contribution in [0.1, 0.15) is 77.0 Å². The first-order valence-electron chi connectivity index (χ1n) is 14.8. The molecule has 0 bridgehead atoms. The maximum atomic E-state index is 13.2. The molecule has 0 aromatic heterocycles. The van der Waals surface area contributed by atoms with Crippen molar-refractivity contribution in [2.24, 2.45) is 29.6 Å². The summed E-state index contributed by atoms with van der Waals surface area (Å²) in [7, 11) is 0. The molecule has 3 aliphatic rings. The third-order valence-electron chi connectivity index (χ3n) is 6.28. The number of cyclic esters (lactones) is 1. The Hall–Kier alpha value is -1.62. The summed E-state index contributed by atoms with van der Waals surface area (Å²) in [5.41, 5.74) is 0.918. The first kappa shape index (κ1) is 12.9. The van der Waals surface area contributed by atoms with Crippen molar-refractivity contribution in [3.05, 3.63) is 23.8 Å². The molecule has 2 aliphatic carbocycles. The van der Waals surface area contributed by atoms with Crippen LogP contribution in [-0.4, -0.2) is 36.8 Å². The molecule has 1 fully saturated rings. The van der Waals surface area contributed by atoms with E-state index in [0.29, 0.717) is 25.7 Å². The lowest BCUT2D eigenvalue weighted by Crippen LogP contribution is -2.42. The molecule has 1 heterocycles. The predicted octanol–water partition coefficient (Wildman–Crippen LogP) is 4.20. The van der Waals surface area contributed by atoms with Gasteiger partial charge in [-0.2, -0.15) is 0 Å². The van der Waals surface area contributed by atoms with Crippen LogP contribution in [-0.2, 0) is 19.1 Å². The van der Waals surface area contributed by atoms with E-state index in [9.17, 15) is 9.59 Å². The summed E-state index contributed by atoms with van der Waals surface area (Å²) in [5.74, 6) is -4.66. The number of ether oxygens (including phenoxy) is 2. The van der Waals surface area contributed by atoms with E-state index < -0.39 is 56.2 Å². The fourth-order valence-corrected chi connectivity index (χ4v) is 4.90. The van der Waals surface area contributed by atoms with Crippen molar-refractivity contribution in [3.8, 4) is 0 Å². The second-order valence-corrected chi connectivity index (χ2v) is 8.59. The number of allylic oxidation sites excluding steroid dienone is 3. The molecule has 162 valence electrons. The first-order valence-corrected chi connectivity index (χ1v) is 10.4. The lowest BCUT2D eigenvalue weighted by molar-refractivity contribution is -0.162. The normalized spacial score (nSPS) is 43.8. The topological polar surface area (TPSA) is 72.8 Å². The summed E-state index contributed by atoms with van der Waals surface area (Å²) >= 11 is 0. The Morgan fingerprint density at radius 2 is 2.31 bits per heavy atom. The van der Waals surface area contributed by atoms with Crippen LogP contribution in [0.2, 0.25) is 0 Å². The zero-order chi connectivity index (χ0) is 28.6.